The van der Waals surface area contributed by atoms with Crippen LogP contribution in [0.25, 0.3) is 0 Å². The molecule has 0 aliphatic rings. The van der Waals surface area contributed by atoms with Crippen LogP contribution in [-0.4, -0.2) is 10.4 Å². The molecule has 1 heterocycles. The number of rotatable bonds is 2. The summed E-state index contributed by atoms with van der Waals surface area (Å²) >= 11 is 7.50. The Morgan fingerprint density at radius 2 is 2.50 bits per heavy atom. The molecule has 56 valence electrons. The van der Waals surface area contributed by atoms with E-state index in [0.29, 0.717) is 0 Å². The van der Waals surface area contributed by atoms with Crippen molar-refractivity contribution in [3.63, 3.8) is 0 Å². The van der Waals surface area contributed by atoms with Crippen LogP contribution in [0.2, 0.25) is 0 Å². The zero-order chi connectivity index (χ0) is 7.56. The minimum atomic E-state index is 0.221. The van der Waals surface area contributed by atoms with Crippen molar-refractivity contribution in [1.29, 1.82) is 0 Å². The fraction of sp³-hybridized carbons (Fsp3) is 0.571. The summed E-state index contributed by atoms with van der Waals surface area (Å²) in [7, 11) is 0. The molecule has 0 bridgehead atoms. The third kappa shape index (κ3) is 1.96. The summed E-state index contributed by atoms with van der Waals surface area (Å²) in [5, 5.41) is 0.221. The summed E-state index contributed by atoms with van der Waals surface area (Å²) in [6.07, 6.45) is 0.943. The normalized spacial score (nSPS) is 13.5. The van der Waals surface area contributed by atoms with Gasteiger partial charge in [-0.1, -0.05) is 0 Å². The van der Waals surface area contributed by atoms with E-state index < -0.39 is 0 Å². The zero-order valence-corrected chi connectivity index (χ0v) is 7.67. The second kappa shape index (κ2) is 3.35. The lowest BCUT2D eigenvalue weighted by Gasteiger charge is -1.98. The lowest BCUT2D eigenvalue weighted by Crippen LogP contribution is -1.95. The van der Waals surface area contributed by atoms with Crippen LogP contribution in [0.5, 0.6) is 0 Å². The number of alkyl halides is 1. The molecule has 1 nitrogen and oxygen atoms in total. The van der Waals surface area contributed by atoms with Gasteiger partial charge in [0.2, 0.25) is 0 Å². The van der Waals surface area contributed by atoms with E-state index in [0.717, 1.165) is 12.1 Å². The third-order valence-corrected chi connectivity index (χ3v) is 2.42. The molecule has 0 spiro atoms. The van der Waals surface area contributed by atoms with Crippen molar-refractivity contribution >= 4 is 22.9 Å². The highest BCUT2D eigenvalue weighted by Crippen LogP contribution is 2.16. The van der Waals surface area contributed by atoms with Crippen LogP contribution in [-0.2, 0) is 6.42 Å². The fourth-order valence-corrected chi connectivity index (χ4v) is 1.93. The third-order valence-electron chi connectivity index (χ3n) is 1.31. The van der Waals surface area contributed by atoms with Crippen LogP contribution in [0, 0.1) is 6.92 Å². The van der Waals surface area contributed by atoms with Gasteiger partial charge in [-0.25, -0.2) is 4.98 Å². The number of nitrogens with zero attached hydrogens (tertiary/aromatic N) is 1. The maximum absolute atomic E-state index is 5.82. The van der Waals surface area contributed by atoms with Crippen molar-refractivity contribution in [3.05, 3.63) is 16.1 Å². The van der Waals surface area contributed by atoms with Crippen LogP contribution in [0.4, 0.5) is 0 Å². The van der Waals surface area contributed by atoms with Crippen molar-refractivity contribution < 1.29 is 0 Å². The average Bonchev–Trinajstić information content (AvgIpc) is 2.15. The summed E-state index contributed by atoms with van der Waals surface area (Å²) in [6.45, 7) is 4.02. The summed E-state index contributed by atoms with van der Waals surface area (Å²) in [6, 6.07) is 0. The van der Waals surface area contributed by atoms with Gasteiger partial charge in [-0.3, -0.25) is 0 Å². The molecule has 10 heavy (non-hydrogen) atoms. The topological polar surface area (TPSA) is 12.9 Å². The van der Waals surface area contributed by atoms with Crippen molar-refractivity contribution in [2.75, 3.05) is 0 Å². The summed E-state index contributed by atoms with van der Waals surface area (Å²) in [4.78, 5) is 5.44. The van der Waals surface area contributed by atoms with Gasteiger partial charge in [-0.15, -0.1) is 22.9 Å². The minimum Gasteiger partial charge on any atom is -0.250 e. The number of hydrogen-bond donors (Lipinski definition) is 0. The highest BCUT2D eigenvalue weighted by Gasteiger charge is 2.03. The molecule has 1 aromatic rings. The van der Waals surface area contributed by atoms with Crippen molar-refractivity contribution in [3.8, 4) is 0 Å². The minimum absolute atomic E-state index is 0.221. The van der Waals surface area contributed by atoms with E-state index >= 15 is 0 Å². The summed E-state index contributed by atoms with van der Waals surface area (Å²) < 4.78 is 0. The lowest BCUT2D eigenvalue weighted by atomic mass is 10.2. The maximum atomic E-state index is 5.82. The van der Waals surface area contributed by atoms with E-state index in [4.69, 9.17) is 11.6 Å². The predicted octanol–water partition coefficient (Wildman–Crippen LogP) is 2.62. The number of aryl methyl sites for hydroxylation is 1. The Kier molecular flexibility index (Phi) is 2.69. The molecule has 0 fully saturated rings. The molecule has 0 saturated carbocycles. The van der Waals surface area contributed by atoms with E-state index in [-0.39, 0.29) is 5.38 Å². The first kappa shape index (κ1) is 8.02. The maximum Gasteiger partial charge on any atom is 0.0797 e. The van der Waals surface area contributed by atoms with Gasteiger partial charge >= 0.3 is 0 Å². The van der Waals surface area contributed by atoms with Crippen LogP contribution in [0.1, 0.15) is 17.5 Å². The summed E-state index contributed by atoms with van der Waals surface area (Å²) in [5.41, 5.74) is 2.99. The van der Waals surface area contributed by atoms with E-state index in [9.17, 15) is 0 Å². The number of aromatic nitrogens is 1. The Morgan fingerprint density at radius 1 is 1.80 bits per heavy atom. The molecule has 0 aromatic carbocycles. The molecule has 0 radical (unpaired) electrons. The largest absolute Gasteiger partial charge is 0.250 e. The molecule has 0 aliphatic heterocycles. The molecule has 0 N–H and O–H groups in total. The molecule has 1 aromatic heterocycles. The van der Waals surface area contributed by atoms with Crippen molar-refractivity contribution in [1.82, 2.24) is 4.98 Å². The quantitative estimate of drug-likeness (QED) is 0.630. The smallest absolute Gasteiger partial charge is 0.0797 e. The molecular formula is C7H10ClNS. The molecule has 3 heteroatoms. The van der Waals surface area contributed by atoms with E-state index in [1.807, 2.05) is 19.4 Å². The predicted molar refractivity (Wildman–Crippen MR) is 45.9 cm³/mol. The Hall–Kier alpha value is -0.0800. The van der Waals surface area contributed by atoms with Crippen molar-refractivity contribution in [2.24, 2.45) is 0 Å². The fourth-order valence-electron chi connectivity index (χ4n) is 0.778. The van der Waals surface area contributed by atoms with Gasteiger partial charge in [0.25, 0.3) is 0 Å². The highest BCUT2D eigenvalue weighted by atomic mass is 35.5. The Morgan fingerprint density at radius 3 is 2.90 bits per heavy atom. The van der Waals surface area contributed by atoms with Gasteiger partial charge in [-0.05, 0) is 20.3 Å². The second-order valence-electron chi connectivity index (χ2n) is 2.35. The number of thiazole rings is 1. The van der Waals surface area contributed by atoms with Gasteiger partial charge in [0.15, 0.2) is 0 Å². The van der Waals surface area contributed by atoms with Crippen LogP contribution >= 0.6 is 22.9 Å². The highest BCUT2D eigenvalue weighted by molar-refractivity contribution is 7.09. The van der Waals surface area contributed by atoms with Gasteiger partial charge in [0.1, 0.15) is 0 Å². The standard InChI is InChI=1S/C7H10ClNS/c1-5(8)3-7-6(2)9-4-10-7/h4-5H,3H2,1-2H3. The number of hydrogen-bond acceptors (Lipinski definition) is 2. The average molecular weight is 176 g/mol. The van der Waals surface area contributed by atoms with Gasteiger partial charge in [-0.2, -0.15) is 0 Å². The molecule has 1 rings (SSSR count). The first-order valence-corrected chi connectivity index (χ1v) is 4.55. The number of halogens is 1. The lowest BCUT2D eigenvalue weighted by molar-refractivity contribution is 0.934. The Bertz CT molecular complexity index is 207. The first-order valence-electron chi connectivity index (χ1n) is 3.23. The molecule has 0 amide bonds. The van der Waals surface area contributed by atoms with Crippen LogP contribution in [0.3, 0.4) is 0 Å². The Balaban J connectivity index is 2.65. The Labute approximate surface area is 70.1 Å². The van der Waals surface area contributed by atoms with Crippen molar-refractivity contribution in [2.45, 2.75) is 25.6 Å². The first-order chi connectivity index (χ1) is 4.70. The van der Waals surface area contributed by atoms with Crippen LogP contribution < -0.4 is 0 Å². The summed E-state index contributed by atoms with van der Waals surface area (Å²) in [5.74, 6) is 0. The van der Waals surface area contributed by atoms with E-state index in [1.54, 1.807) is 11.3 Å². The SMILES string of the molecule is Cc1ncsc1CC(C)Cl. The molecule has 1 atom stereocenters. The molecule has 1 unspecified atom stereocenters. The monoisotopic (exact) mass is 175 g/mol. The molecule has 0 aliphatic carbocycles. The zero-order valence-electron chi connectivity index (χ0n) is 6.10. The second-order valence-corrected chi connectivity index (χ2v) is 4.03. The molecular weight excluding hydrogens is 166 g/mol. The van der Waals surface area contributed by atoms with E-state index in [2.05, 4.69) is 4.98 Å². The molecule has 0 saturated heterocycles. The van der Waals surface area contributed by atoms with E-state index in [1.165, 1.54) is 4.88 Å². The van der Waals surface area contributed by atoms with Gasteiger partial charge in [0.05, 0.1) is 11.2 Å². The van der Waals surface area contributed by atoms with Gasteiger partial charge < -0.3 is 0 Å². The van der Waals surface area contributed by atoms with Gasteiger partial charge in [0, 0.05) is 10.3 Å². The van der Waals surface area contributed by atoms with Crippen LogP contribution in [0.15, 0.2) is 5.51 Å².